The van der Waals surface area contributed by atoms with Gasteiger partial charge in [0.25, 0.3) is 0 Å². The van der Waals surface area contributed by atoms with Gasteiger partial charge in [0.2, 0.25) is 0 Å². The highest BCUT2D eigenvalue weighted by molar-refractivity contribution is 9.10. The number of thiazole rings is 1. The maximum Gasteiger partial charge on any atom is 0.0950 e. The third-order valence-corrected chi connectivity index (χ3v) is 4.28. The normalized spacial score (nSPS) is 11.8. The molecule has 0 aliphatic carbocycles. The van der Waals surface area contributed by atoms with Gasteiger partial charge in [-0.3, -0.25) is 0 Å². The maximum atomic E-state index is 4.71. The molecule has 96 valence electrons. The molecule has 2 aromatic rings. The van der Waals surface area contributed by atoms with Crippen molar-refractivity contribution in [3.8, 4) is 11.3 Å². The first kappa shape index (κ1) is 13.7. The van der Waals surface area contributed by atoms with E-state index in [0.29, 0.717) is 0 Å². The summed E-state index contributed by atoms with van der Waals surface area (Å²) in [6, 6.07) is 8.26. The van der Waals surface area contributed by atoms with Crippen LogP contribution in [0.5, 0.6) is 0 Å². The van der Waals surface area contributed by atoms with Gasteiger partial charge in [-0.2, -0.15) is 0 Å². The molecule has 0 spiro atoms. The van der Waals surface area contributed by atoms with Crippen molar-refractivity contribution < 1.29 is 0 Å². The Hall–Kier alpha value is -0.710. The summed E-state index contributed by atoms with van der Waals surface area (Å²) in [6.45, 7) is 4.38. The average molecular weight is 325 g/mol. The van der Waals surface area contributed by atoms with Gasteiger partial charge in [-0.1, -0.05) is 28.1 Å². The number of benzene rings is 1. The van der Waals surface area contributed by atoms with Crippen molar-refractivity contribution in [1.29, 1.82) is 0 Å². The Morgan fingerprint density at radius 1 is 1.39 bits per heavy atom. The van der Waals surface area contributed by atoms with E-state index < -0.39 is 0 Å². The second kappa shape index (κ2) is 5.51. The van der Waals surface area contributed by atoms with Gasteiger partial charge in [-0.05, 0) is 33.0 Å². The van der Waals surface area contributed by atoms with Gasteiger partial charge >= 0.3 is 0 Å². The predicted molar refractivity (Wildman–Crippen MR) is 82.1 cm³/mol. The molecule has 18 heavy (non-hydrogen) atoms. The third kappa shape index (κ3) is 3.40. The first-order valence-corrected chi connectivity index (χ1v) is 7.57. The molecule has 0 aliphatic rings. The van der Waals surface area contributed by atoms with Crippen LogP contribution in [0, 0.1) is 0 Å². The Kier molecular flexibility index (Phi) is 4.20. The van der Waals surface area contributed by atoms with Gasteiger partial charge in [0.1, 0.15) is 0 Å². The Labute approximate surface area is 121 Å². The summed E-state index contributed by atoms with van der Waals surface area (Å²) in [5.41, 5.74) is 2.31. The number of rotatable bonds is 4. The number of likely N-dealkylation sites (N-methyl/N-ethyl adjacent to an activating group) is 1. The van der Waals surface area contributed by atoms with Gasteiger partial charge in [-0.25, -0.2) is 4.98 Å². The number of nitrogens with one attached hydrogen (secondary N) is 1. The van der Waals surface area contributed by atoms with Crippen LogP contribution in [-0.4, -0.2) is 17.6 Å². The van der Waals surface area contributed by atoms with Crippen molar-refractivity contribution >= 4 is 27.3 Å². The molecule has 0 saturated heterocycles. The van der Waals surface area contributed by atoms with Crippen LogP contribution in [0.25, 0.3) is 11.3 Å². The average Bonchev–Trinajstić information content (AvgIpc) is 2.77. The summed E-state index contributed by atoms with van der Waals surface area (Å²) in [7, 11) is 1.99. The van der Waals surface area contributed by atoms with Gasteiger partial charge in [0.15, 0.2) is 0 Å². The first-order valence-electron chi connectivity index (χ1n) is 5.89. The molecular formula is C14H17BrN2S. The second-order valence-corrected chi connectivity index (χ2v) is 6.81. The van der Waals surface area contributed by atoms with Crippen LogP contribution >= 0.6 is 27.3 Å². The molecule has 1 heterocycles. The molecule has 1 N–H and O–H groups in total. The molecule has 0 unspecified atom stereocenters. The molecule has 0 aliphatic heterocycles. The minimum atomic E-state index is 0.0897. The summed E-state index contributed by atoms with van der Waals surface area (Å²) in [5, 5.41) is 6.61. The summed E-state index contributed by atoms with van der Waals surface area (Å²) >= 11 is 5.22. The lowest BCUT2D eigenvalue weighted by Gasteiger charge is -2.22. The smallest absolute Gasteiger partial charge is 0.0950 e. The van der Waals surface area contributed by atoms with Crippen molar-refractivity contribution in [3.05, 3.63) is 39.1 Å². The monoisotopic (exact) mass is 324 g/mol. The summed E-state index contributed by atoms with van der Waals surface area (Å²) in [6.07, 6.45) is 0.947. The fraction of sp³-hybridized carbons (Fsp3) is 0.357. The molecular weight excluding hydrogens is 308 g/mol. The molecule has 2 rings (SSSR count). The number of nitrogens with zero attached hydrogens (tertiary/aromatic N) is 1. The standard InChI is InChI=1S/C14H17BrN2S/c1-14(2,16-3)8-13-17-12(9-18-13)10-5-4-6-11(15)7-10/h4-7,9,16H,8H2,1-3H3. The zero-order valence-corrected chi connectivity index (χ0v) is 13.2. The van der Waals surface area contributed by atoms with E-state index in [1.54, 1.807) is 11.3 Å². The molecule has 4 heteroatoms. The highest BCUT2D eigenvalue weighted by Gasteiger charge is 2.17. The van der Waals surface area contributed by atoms with E-state index in [-0.39, 0.29) is 5.54 Å². The molecule has 0 bridgehead atoms. The van der Waals surface area contributed by atoms with E-state index in [0.717, 1.165) is 22.2 Å². The van der Waals surface area contributed by atoms with Gasteiger partial charge < -0.3 is 5.32 Å². The summed E-state index contributed by atoms with van der Waals surface area (Å²) in [5.74, 6) is 0. The van der Waals surface area contributed by atoms with E-state index >= 15 is 0 Å². The first-order chi connectivity index (χ1) is 8.50. The van der Waals surface area contributed by atoms with Gasteiger partial charge in [0, 0.05) is 27.4 Å². The highest BCUT2D eigenvalue weighted by Crippen LogP contribution is 2.26. The predicted octanol–water partition coefficient (Wildman–Crippen LogP) is 4.11. The van der Waals surface area contributed by atoms with Crippen molar-refractivity contribution in [2.45, 2.75) is 25.8 Å². The zero-order valence-electron chi connectivity index (χ0n) is 10.8. The number of hydrogen-bond donors (Lipinski definition) is 1. The Bertz CT molecular complexity index is 534. The summed E-state index contributed by atoms with van der Waals surface area (Å²) in [4.78, 5) is 4.71. The van der Waals surface area contributed by atoms with E-state index in [1.807, 2.05) is 19.2 Å². The third-order valence-electron chi connectivity index (χ3n) is 2.94. The quantitative estimate of drug-likeness (QED) is 0.915. The largest absolute Gasteiger partial charge is 0.314 e. The fourth-order valence-electron chi connectivity index (χ4n) is 1.64. The van der Waals surface area contributed by atoms with Crippen LogP contribution in [0.1, 0.15) is 18.9 Å². The minimum Gasteiger partial charge on any atom is -0.314 e. The summed E-state index contributed by atoms with van der Waals surface area (Å²) < 4.78 is 1.09. The topological polar surface area (TPSA) is 24.9 Å². The van der Waals surface area contributed by atoms with Crippen LogP contribution in [-0.2, 0) is 6.42 Å². The Morgan fingerprint density at radius 3 is 2.83 bits per heavy atom. The SMILES string of the molecule is CNC(C)(C)Cc1nc(-c2cccc(Br)c2)cs1. The van der Waals surface area contributed by atoms with Crippen molar-refractivity contribution in [3.63, 3.8) is 0 Å². The van der Waals surface area contributed by atoms with Crippen LogP contribution in [0.4, 0.5) is 0 Å². The van der Waals surface area contributed by atoms with Crippen molar-refractivity contribution in [2.75, 3.05) is 7.05 Å². The van der Waals surface area contributed by atoms with E-state index in [4.69, 9.17) is 4.98 Å². The molecule has 0 atom stereocenters. The second-order valence-electron chi connectivity index (χ2n) is 4.95. The molecule has 1 aromatic carbocycles. The van der Waals surface area contributed by atoms with Crippen LogP contribution in [0.2, 0.25) is 0 Å². The van der Waals surface area contributed by atoms with Crippen LogP contribution in [0.3, 0.4) is 0 Å². The Morgan fingerprint density at radius 2 is 2.17 bits per heavy atom. The van der Waals surface area contributed by atoms with Crippen molar-refractivity contribution in [1.82, 2.24) is 10.3 Å². The molecule has 0 amide bonds. The number of hydrogen-bond acceptors (Lipinski definition) is 3. The number of aromatic nitrogens is 1. The zero-order chi connectivity index (χ0) is 13.2. The molecule has 1 aromatic heterocycles. The molecule has 2 nitrogen and oxygen atoms in total. The minimum absolute atomic E-state index is 0.0897. The van der Waals surface area contributed by atoms with Crippen LogP contribution in [0.15, 0.2) is 34.1 Å². The van der Waals surface area contributed by atoms with Gasteiger partial charge in [0.05, 0.1) is 10.7 Å². The maximum absolute atomic E-state index is 4.71. The number of halogens is 1. The van der Waals surface area contributed by atoms with E-state index in [9.17, 15) is 0 Å². The molecule has 0 fully saturated rings. The molecule has 0 saturated carbocycles. The lowest BCUT2D eigenvalue weighted by molar-refractivity contribution is 0.421. The Balaban J connectivity index is 2.21. The molecule has 0 radical (unpaired) electrons. The van der Waals surface area contributed by atoms with Gasteiger partial charge in [-0.15, -0.1) is 11.3 Å². The van der Waals surface area contributed by atoms with E-state index in [1.165, 1.54) is 5.01 Å². The fourth-order valence-corrected chi connectivity index (χ4v) is 3.07. The van der Waals surface area contributed by atoms with E-state index in [2.05, 4.69) is 52.6 Å². The van der Waals surface area contributed by atoms with Crippen molar-refractivity contribution in [2.24, 2.45) is 0 Å². The highest BCUT2D eigenvalue weighted by atomic mass is 79.9. The lowest BCUT2D eigenvalue weighted by Crippen LogP contribution is -2.38. The van der Waals surface area contributed by atoms with Crippen LogP contribution < -0.4 is 5.32 Å². The lowest BCUT2D eigenvalue weighted by atomic mass is 10.0.